The van der Waals surface area contributed by atoms with E-state index < -0.39 is 0 Å². The van der Waals surface area contributed by atoms with Gasteiger partial charge in [-0.05, 0) is 67.6 Å². The fraction of sp³-hybridized carbons (Fsp3) is 0.267. The van der Waals surface area contributed by atoms with E-state index in [4.69, 9.17) is 23.2 Å². The third kappa shape index (κ3) is 6.00. The number of hydrogen-bond acceptors (Lipinski definition) is 2. The number of hydrogen-bond donors (Lipinski definition) is 1. The molecule has 0 spiro atoms. The van der Waals surface area contributed by atoms with Crippen molar-refractivity contribution in [3.63, 3.8) is 0 Å². The maximum Gasteiger partial charge on any atom is 0.254 e. The average molecular weight is 534 g/mol. The number of aromatic nitrogens is 1. The van der Waals surface area contributed by atoms with Gasteiger partial charge in [0, 0.05) is 41.8 Å². The Balaban J connectivity index is 1.36. The van der Waals surface area contributed by atoms with Gasteiger partial charge in [0.25, 0.3) is 5.91 Å². The van der Waals surface area contributed by atoms with Gasteiger partial charge in [-0.2, -0.15) is 0 Å². The van der Waals surface area contributed by atoms with Gasteiger partial charge in [0.2, 0.25) is 5.91 Å². The van der Waals surface area contributed by atoms with Crippen LogP contribution in [-0.2, 0) is 17.8 Å². The molecular formula is C30H29Cl2N3O2. The van der Waals surface area contributed by atoms with Crippen molar-refractivity contribution in [1.82, 2.24) is 14.8 Å². The first-order valence-corrected chi connectivity index (χ1v) is 13.3. The standard InChI is InChI=1S/C30H29Cl2N3O2/c1-20-6-9-22(10-7-20)30(37)35(24-11-12-24)19-29(36)34(18-21-8-13-26(31)27(32)16-21)15-14-23-17-33-28-5-3-2-4-25(23)28/h2-10,13,16-17,24,33H,11-12,14-15,18-19H2,1H3. The van der Waals surface area contributed by atoms with Gasteiger partial charge in [-0.15, -0.1) is 0 Å². The Morgan fingerprint density at radius 2 is 1.73 bits per heavy atom. The smallest absolute Gasteiger partial charge is 0.254 e. The molecule has 5 nitrogen and oxygen atoms in total. The monoisotopic (exact) mass is 533 g/mol. The van der Waals surface area contributed by atoms with Crippen LogP contribution < -0.4 is 0 Å². The van der Waals surface area contributed by atoms with Gasteiger partial charge in [0.1, 0.15) is 6.54 Å². The number of benzene rings is 3. The number of carbonyl (C=O) groups is 2. The van der Waals surface area contributed by atoms with E-state index in [0.29, 0.717) is 35.1 Å². The molecule has 3 aromatic carbocycles. The predicted octanol–water partition coefficient (Wildman–Crippen LogP) is 6.66. The van der Waals surface area contributed by atoms with Crippen LogP contribution in [-0.4, -0.2) is 45.7 Å². The number of aryl methyl sites for hydroxylation is 1. The molecule has 0 bridgehead atoms. The quantitative estimate of drug-likeness (QED) is 0.261. The van der Waals surface area contributed by atoms with E-state index in [2.05, 4.69) is 11.1 Å². The lowest BCUT2D eigenvalue weighted by molar-refractivity contribution is -0.132. The molecule has 0 unspecified atom stereocenters. The van der Waals surface area contributed by atoms with Crippen LogP contribution in [0, 0.1) is 6.92 Å². The van der Waals surface area contributed by atoms with Gasteiger partial charge < -0.3 is 14.8 Å². The average Bonchev–Trinajstić information content (AvgIpc) is 3.66. The molecule has 0 radical (unpaired) electrons. The number of H-pyrrole nitrogens is 1. The van der Waals surface area contributed by atoms with Crippen LogP contribution >= 0.6 is 23.2 Å². The molecule has 4 aromatic rings. The van der Waals surface area contributed by atoms with Gasteiger partial charge in [0.15, 0.2) is 0 Å². The van der Waals surface area contributed by atoms with Crippen LogP contribution in [0.4, 0.5) is 0 Å². The minimum atomic E-state index is -0.0954. The molecule has 1 aromatic heterocycles. The van der Waals surface area contributed by atoms with E-state index >= 15 is 0 Å². The summed E-state index contributed by atoms with van der Waals surface area (Å²) in [5.41, 5.74) is 4.82. The SMILES string of the molecule is Cc1ccc(C(=O)N(CC(=O)N(CCc2c[nH]c3ccccc23)Cc2ccc(Cl)c(Cl)c2)C2CC2)cc1. The Hall–Kier alpha value is -3.28. The minimum Gasteiger partial charge on any atom is -0.361 e. The molecular weight excluding hydrogens is 505 g/mol. The van der Waals surface area contributed by atoms with Crippen molar-refractivity contribution in [2.24, 2.45) is 0 Å². The number of rotatable bonds is 9. The van der Waals surface area contributed by atoms with Crippen LogP contribution in [0.15, 0.2) is 72.9 Å². The van der Waals surface area contributed by atoms with Gasteiger partial charge in [-0.1, -0.05) is 65.2 Å². The second-order valence-corrected chi connectivity index (χ2v) is 10.5. The highest BCUT2D eigenvalue weighted by molar-refractivity contribution is 6.42. The number of amides is 2. The summed E-state index contributed by atoms with van der Waals surface area (Å²) in [6.45, 7) is 2.94. The number of nitrogens with one attached hydrogen (secondary N) is 1. The molecule has 190 valence electrons. The Morgan fingerprint density at radius 3 is 2.46 bits per heavy atom. The van der Waals surface area contributed by atoms with E-state index in [-0.39, 0.29) is 24.4 Å². The van der Waals surface area contributed by atoms with Gasteiger partial charge >= 0.3 is 0 Å². The van der Waals surface area contributed by atoms with Crippen LogP contribution in [0.3, 0.4) is 0 Å². The molecule has 0 saturated heterocycles. The van der Waals surface area contributed by atoms with E-state index in [0.717, 1.165) is 40.4 Å². The van der Waals surface area contributed by atoms with Crippen molar-refractivity contribution >= 4 is 45.9 Å². The summed E-state index contributed by atoms with van der Waals surface area (Å²) in [6.07, 6.45) is 4.54. The third-order valence-corrected chi connectivity index (χ3v) is 7.63. The molecule has 1 fully saturated rings. The first-order valence-electron chi connectivity index (χ1n) is 12.5. The van der Waals surface area contributed by atoms with Crippen molar-refractivity contribution in [3.8, 4) is 0 Å². The van der Waals surface area contributed by atoms with E-state index in [1.165, 1.54) is 0 Å². The fourth-order valence-corrected chi connectivity index (χ4v) is 4.93. The molecule has 1 aliphatic carbocycles. The second kappa shape index (κ2) is 11.0. The topological polar surface area (TPSA) is 56.4 Å². The molecule has 1 saturated carbocycles. The minimum absolute atomic E-state index is 0.0482. The second-order valence-electron chi connectivity index (χ2n) is 9.70. The lowest BCUT2D eigenvalue weighted by Gasteiger charge is -2.28. The van der Waals surface area contributed by atoms with Crippen molar-refractivity contribution < 1.29 is 9.59 Å². The van der Waals surface area contributed by atoms with Gasteiger partial charge in [-0.25, -0.2) is 0 Å². The number of fused-ring (bicyclic) bond motifs is 1. The first kappa shape index (κ1) is 25.4. The zero-order chi connectivity index (χ0) is 25.9. The normalized spacial score (nSPS) is 13.1. The molecule has 37 heavy (non-hydrogen) atoms. The van der Waals surface area contributed by atoms with Gasteiger partial charge in [-0.3, -0.25) is 9.59 Å². The van der Waals surface area contributed by atoms with Crippen LogP contribution in [0.5, 0.6) is 0 Å². The zero-order valence-electron chi connectivity index (χ0n) is 20.7. The van der Waals surface area contributed by atoms with Crippen LogP contribution in [0.25, 0.3) is 10.9 Å². The van der Waals surface area contributed by atoms with Crippen molar-refractivity contribution in [2.75, 3.05) is 13.1 Å². The molecule has 5 rings (SSSR count). The summed E-state index contributed by atoms with van der Waals surface area (Å²) >= 11 is 12.4. The van der Waals surface area contributed by atoms with E-state index in [1.807, 2.05) is 66.6 Å². The fourth-order valence-electron chi connectivity index (χ4n) is 4.60. The zero-order valence-corrected chi connectivity index (χ0v) is 22.2. The van der Waals surface area contributed by atoms with Crippen molar-refractivity contribution in [1.29, 1.82) is 0 Å². The van der Waals surface area contributed by atoms with Crippen molar-refractivity contribution in [3.05, 3.63) is 105 Å². The highest BCUT2D eigenvalue weighted by atomic mass is 35.5. The lowest BCUT2D eigenvalue weighted by Crippen LogP contribution is -2.44. The van der Waals surface area contributed by atoms with Crippen LogP contribution in [0.1, 0.15) is 39.9 Å². The van der Waals surface area contributed by atoms with Crippen LogP contribution in [0.2, 0.25) is 10.0 Å². The maximum atomic E-state index is 13.7. The molecule has 0 atom stereocenters. The molecule has 2 amide bonds. The summed E-state index contributed by atoms with van der Waals surface area (Å²) in [4.78, 5) is 33.9. The maximum absolute atomic E-state index is 13.7. The largest absolute Gasteiger partial charge is 0.361 e. The summed E-state index contributed by atoms with van der Waals surface area (Å²) in [7, 11) is 0. The highest BCUT2D eigenvalue weighted by Crippen LogP contribution is 2.29. The summed E-state index contributed by atoms with van der Waals surface area (Å²) in [5, 5.41) is 2.08. The lowest BCUT2D eigenvalue weighted by atomic mass is 10.1. The first-order chi connectivity index (χ1) is 17.9. The Bertz CT molecular complexity index is 1430. The highest BCUT2D eigenvalue weighted by Gasteiger charge is 2.35. The molecule has 1 heterocycles. The van der Waals surface area contributed by atoms with Gasteiger partial charge in [0.05, 0.1) is 10.0 Å². The number of aromatic amines is 1. The molecule has 1 aliphatic rings. The Labute approximate surface area is 227 Å². The molecule has 7 heteroatoms. The number of para-hydroxylation sites is 1. The number of carbonyl (C=O) groups excluding carboxylic acids is 2. The van der Waals surface area contributed by atoms with Crippen molar-refractivity contribution in [2.45, 2.75) is 38.8 Å². The Morgan fingerprint density at radius 1 is 0.973 bits per heavy atom. The summed E-state index contributed by atoms with van der Waals surface area (Å²) in [6, 6.07) is 21.2. The molecule has 1 N–H and O–H groups in total. The Kier molecular flexibility index (Phi) is 7.54. The molecule has 0 aliphatic heterocycles. The number of nitrogens with zero attached hydrogens (tertiary/aromatic N) is 2. The van der Waals surface area contributed by atoms with E-state index in [1.54, 1.807) is 17.0 Å². The summed E-state index contributed by atoms with van der Waals surface area (Å²) < 4.78 is 0. The predicted molar refractivity (Wildman–Crippen MR) is 149 cm³/mol. The van der Waals surface area contributed by atoms with E-state index in [9.17, 15) is 9.59 Å². The number of halogens is 2. The summed E-state index contributed by atoms with van der Waals surface area (Å²) in [5.74, 6) is -0.180. The third-order valence-electron chi connectivity index (χ3n) is 6.89.